The Hall–Kier alpha value is -2.04. The number of aliphatic carboxylic acids is 1. The SMILES string of the molecule is Cc1cccc2c1C(C)N(CC(=O)O)C(=O)N2. The van der Waals surface area contributed by atoms with Crippen molar-refractivity contribution in [1.29, 1.82) is 0 Å². The van der Waals surface area contributed by atoms with Gasteiger partial charge in [-0.15, -0.1) is 0 Å². The molecule has 1 heterocycles. The zero-order valence-electron chi connectivity index (χ0n) is 9.73. The number of urea groups is 1. The summed E-state index contributed by atoms with van der Waals surface area (Å²) in [5, 5.41) is 11.5. The quantitative estimate of drug-likeness (QED) is 0.822. The molecule has 1 aliphatic rings. The van der Waals surface area contributed by atoms with E-state index in [1.54, 1.807) is 0 Å². The number of benzene rings is 1. The third kappa shape index (κ3) is 1.95. The fourth-order valence-electron chi connectivity index (χ4n) is 2.22. The number of nitrogens with one attached hydrogen (secondary N) is 1. The lowest BCUT2D eigenvalue weighted by molar-refractivity contribution is -0.138. The molecule has 2 N–H and O–H groups in total. The van der Waals surface area contributed by atoms with Crippen LogP contribution in [0.25, 0.3) is 0 Å². The number of carbonyl (C=O) groups excluding carboxylic acids is 1. The average Bonchev–Trinajstić information content (AvgIpc) is 2.23. The zero-order chi connectivity index (χ0) is 12.6. The highest BCUT2D eigenvalue weighted by atomic mass is 16.4. The first kappa shape index (κ1) is 11.4. The Balaban J connectivity index is 2.41. The molecule has 2 rings (SSSR count). The van der Waals surface area contributed by atoms with Crippen LogP contribution in [-0.2, 0) is 4.79 Å². The van der Waals surface area contributed by atoms with Crippen molar-refractivity contribution in [2.45, 2.75) is 19.9 Å². The molecule has 90 valence electrons. The molecule has 0 aromatic heterocycles. The van der Waals surface area contributed by atoms with Crippen LogP contribution < -0.4 is 5.32 Å². The van der Waals surface area contributed by atoms with Gasteiger partial charge in [-0.1, -0.05) is 12.1 Å². The molecule has 2 amide bonds. The summed E-state index contributed by atoms with van der Waals surface area (Å²) in [6.07, 6.45) is 0. The summed E-state index contributed by atoms with van der Waals surface area (Å²) in [5.74, 6) is -1.01. The Kier molecular flexibility index (Phi) is 2.75. The third-order valence-electron chi connectivity index (χ3n) is 3.02. The van der Waals surface area contributed by atoms with Crippen LogP contribution in [0.3, 0.4) is 0 Å². The van der Waals surface area contributed by atoms with Crippen molar-refractivity contribution < 1.29 is 14.7 Å². The summed E-state index contributed by atoms with van der Waals surface area (Å²) in [7, 11) is 0. The van der Waals surface area contributed by atoms with Gasteiger partial charge in [0.25, 0.3) is 0 Å². The first-order valence-electron chi connectivity index (χ1n) is 5.39. The van der Waals surface area contributed by atoms with Crippen LogP contribution in [0.4, 0.5) is 10.5 Å². The Morgan fingerprint density at radius 1 is 1.53 bits per heavy atom. The van der Waals surface area contributed by atoms with Gasteiger partial charge in [-0.05, 0) is 25.5 Å². The normalized spacial score (nSPS) is 18.6. The maximum Gasteiger partial charge on any atom is 0.323 e. The molecule has 1 aromatic rings. The lowest BCUT2D eigenvalue weighted by Crippen LogP contribution is -2.44. The van der Waals surface area contributed by atoms with Gasteiger partial charge in [-0.3, -0.25) is 4.79 Å². The summed E-state index contributed by atoms with van der Waals surface area (Å²) in [6, 6.07) is 5.06. The molecular formula is C12H14N2O3. The Morgan fingerprint density at radius 3 is 2.88 bits per heavy atom. The number of rotatable bonds is 2. The summed E-state index contributed by atoms with van der Waals surface area (Å²) >= 11 is 0. The average molecular weight is 234 g/mol. The molecule has 1 aromatic carbocycles. The Morgan fingerprint density at radius 2 is 2.24 bits per heavy atom. The predicted octanol–water partition coefficient (Wildman–Crippen LogP) is 1.99. The van der Waals surface area contributed by atoms with Crippen LogP contribution >= 0.6 is 0 Å². The van der Waals surface area contributed by atoms with Gasteiger partial charge in [0.2, 0.25) is 0 Å². The number of carboxylic acid groups (broad SMARTS) is 1. The maximum atomic E-state index is 11.8. The standard InChI is InChI=1S/C12H14N2O3/c1-7-4-3-5-9-11(7)8(2)14(6-10(15)16)12(17)13-9/h3-5,8H,6H2,1-2H3,(H,13,17)(H,15,16). The fraction of sp³-hybridized carbons (Fsp3) is 0.333. The molecule has 5 heteroatoms. The van der Waals surface area contributed by atoms with E-state index in [1.807, 2.05) is 32.0 Å². The summed E-state index contributed by atoms with van der Waals surface area (Å²) in [5.41, 5.74) is 2.79. The maximum absolute atomic E-state index is 11.8. The fourth-order valence-corrected chi connectivity index (χ4v) is 2.22. The van der Waals surface area contributed by atoms with Gasteiger partial charge in [0.15, 0.2) is 0 Å². The first-order valence-corrected chi connectivity index (χ1v) is 5.39. The molecule has 0 saturated carbocycles. The number of hydrogen-bond acceptors (Lipinski definition) is 2. The van der Waals surface area contributed by atoms with Crippen molar-refractivity contribution in [3.63, 3.8) is 0 Å². The number of hydrogen-bond donors (Lipinski definition) is 2. The number of nitrogens with zero attached hydrogens (tertiary/aromatic N) is 1. The van der Waals surface area contributed by atoms with E-state index in [9.17, 15) is 9.59 Å². The monoisotopic (exact) mass is 234 g/mol. The smallest absolute Gasteiger partial charge is 0.323 e. The second-order valence-corrected chi connectivity index (χ2v) is 4.16. The van der Waals surface area contributed by atoms with E-state index in [0.29, 0.717) is 0 Å². The molecule has 17 heavy (non-hydrogen) atoms. The van der Waals surface area contributed by atoms with Gasteiger partial charge in [0, 0.05) is 11.3 Å². The summed E-state index contributed by atoms with van der Waals surface area (Å²) in [4.78, 5) is 23.8. The minimum atomic E-state index is -1.01. The number of fused-ring (bicyclic) bond motifs is 1. The van der Waals surface area contributed by atoms with Crippen molar-refractivity contribution in [2.75, 3.05) is 11.9 Å². The van der Waals surface area contributed by atoms with Crippen molar-refractivity contribution in [2.24, 2.45) is 0 Å². The Bertz CT molecular complexity index is 485. The van der Waals surface area contributed by atoms with Crippen LogP contribution in [0.2, 0.25) is 0 Å². The molecule has 1 atom stereocenters. The van der Waals surface area contributed by atoms with Gasteiger partial charge in [0.1, 0.15) is 6.54 Å². The second-order valence-electron chi connectivity index (χ2n) is 4.16. The Labute approximate surface area is 99.0 Å². The van der Waals surface area contributed by atoms with Crippen LogP contribution in [0, 0.1) is 6.92 Å². The second kappa shape index (κ2) is 4.08. The molecule has 0 fully saturated rings. The molecule has 0 bridgehead atoms. The molecule has 1 aliphatic heterocycles. The topological polar surface area (TPSA) is 69.6 Å². The van der Waals surface area contributed by atoms with E-state index in [2.05, 4.69) is 5.32 Å². The molecule has 0 saturated heterocycles. The van der Waals surface area contributed by atoms with Crippen LogP contribution in [0.15, 0.2) is 18.2 Å². The number of amides is 2. The minimum Gasteiger partial charge on any atom is -0.480 e. The van der Waals surface area contributed by atoms with Gasteiger partial charge in [-0.25, -0.2) is 4.79 Å². The van der Waals surface area contributed by atoms with Gasteiger partial charge >= 0.3 is 12.0 Å². The van der Waals surface area contributed by atoms with Crippen molar-refractivity contribution >= 4 is 17.7 Å². The van der Waals surface area contributed by atoms with Gasteiger partial charge in [-0.2, -0.15) is 0 Å². The van der Waals surface area contributed by atoms with E-state index in [-0.39, 0.29) is 18.6 Å². The largest absolute Gasteiger partial charge is 0.480 e. The number of aryl methyl sites for hydroxylation is 1. The molecule has 0 aliphatic carbocycles. The third-order valence-corrected chi connectivity index (χ3v) is 3.02. The lowest BCUT2D eigenvalue weighted by atomic mass is 9.97. The van der Waals surface area contributed by atoms with E-state index in [4.69, 9.17) is 5.11 Å². The molecule has 5 nitrogen and oxygen atoms in total. The summed E-state index contributed by atoms with van der Waals surface area (Å²) < 4.78 is 0. The van der Waals surface area contributed by atoms with Crippen LogP contribution in [0.1, 0.15) is 24.1 Å². The highest BCUT2D eigenvalue weighted by Gasteiger charge is 2.31. The van der Waals surface area contributed by atoms with Crippen molar-refractivity contribution in [3.05, 3.63) is 29.3 Å². The van der Waals surface area contributed by atoms with Crippen molar-refractivity contribution in [3.8, 4) is 0 Å². The molecule has 1 unspecified atom stereocenters. The van der Waals surface area contributed by atoms with Gasteiger partial charge < -0.3 is 15.3 Å². The number of anilines is 1. The van der Waals surface area contributed by atoms with Gasteiger partial charge in [0.05, 0.1) is 6.04 Å². The minimum absolute atomic E-state index is 0.226. The lowest BCUT2D eigenvalue weighted by Gasteiger charge is -2.35. The molecule has 0 radical (unpaired) electrons. The van der Waals surface area contributed by atoms with Crippen molar-refractivity contribution in [1.82, 2.24) is 4.90 Å². The van der Waals surface area contributed by atoms with Crippen LogP contribution in [0.5, 0.6) is 0 Å². The number of carboxylic acids is 1. The van der Waals surface area contributed by atoms with E-state index < -0.39 is 5.97 Å². The molecular weight excluding hydrogens is 220 g/mol. The van der Waals surface area contributed by atoms with E-state index >= 15 is 0 Å². The first-order chi connectivity index (χ1) is 8.00. The summed E-state index contributed by atoms with van der Waals surface area (Å²) in [6.45, 7) is 3.50. The van der Waals surface area contributed by atoms with Crippen LogP contribution in [-0.4, -0.2) is 28.6 Å². The molecule has 0 spiro atoms. The zero-order valence-corrected chi connectivity index (χ0v) is 9.73. The van der Waals surface area contributed by atoms with E-state index in [1.165, 1.54) is 4.90 Å². The highest BCUT2D eigenvalue weighted by Crippen LogP contribution is 2.34. The number of carbonyl (C=O) groups is 2. The predicted molar refractivity (Wildman–Crippen MR) is 63.0 cm³/mol. The highest BCUT2D eigenvalue weighted by molar-refractivity contribution is 5.95. The van der Waals surface area contributed by atoms with E-state index in [0.717, 1.165) is 16.8 Å².